The summed E-state index contributed by atoms with van der Waals surface area (Å²) >= 11 is 0. The topological polar surface area (TPSA) is 83.6 Å². The number of hydrogen-bond donors (Lipinski definition) is 2. The Morgan fingerprint density at radius 2 is 2.00 bits per heavy atom. The smallest absolute Gasteiger partial charge is 0.243 e. The highest BCUT2D eigenvalue weighted by Gasteiger charge is 2.49. The van der Waals surface area contributed by atoms with E-state index >= 15 is 0 Å². The molecule has 5 nitrogen and oxygen atoms in total. The Morgan fingerprint density at radius 3 is 2.45 bits per heavy atom. The zero-order valence-corrected chi connectivity index (χ0v) is 12.9. The fourth-order valence-electron chi connectivity index (χ4n) is 2.30. The molecule has 1 aromatic carbocycles. The predicted molar refractivity (Wildman–Crippen MR) is 78.8 cm³/mol. The van der Waals surface area contributed by atoms with Gasteiger partial charge >= 0.3 is 0 Å². The number of rotatable bonds is 4. The molecule has 0 unspecified atom stereocenters. The summed E-state index contributed by atoms with van der Waals surface area (Å²) < 4.78 is 26.2. The van der Waals surface area contributed by atoms with E-state index in [1.54, 1.807) is 12.1 Å². The molecule has 112 valence electrons. The van der Waals surface area contributed by atoms with E-state index in [2.05, 4.69) is 0 Å². The lowest BCUT2D eigenvalue weighted by Gasteiger charge is -2.47. The summed E-state index contributed by atoms with van der Waals surface area (Å²) in [5, 5.41) is 10.2. The molecule has 0 bridgehead atoms. The van der Waals surface area contributed by atoms with Gasteiger partial charge in [-0.05, 0) is 30.0 Å². The third-order valence-corrected chi connectivity index (χ3v) is 5.90. The van der Waals surface area contributed by atoms with E-state index in [0.717, 1.165) is 12.0 Å². The van der Waals surface area contributed by atoms with Crippen LogP contribution in [0.2, 0.25) is 0 Å². The van der Waals surface area contributed by atoms with Crippen LogP contribution >= 0.6 is 0 Å². The number of β-amino-alcohol motifs (C(OH)–C–C–N with tert-alkyl or cyclic N) is 1. The van der Waals surface area contributed by atoms with E-state index in [-0.39, 0.29) is 23.9 Å². The first-order chi connectivity index (χ1) is 9.20. The van der Waals surface area contributed by atoms with Crippen molar-refractivity contribution in [2.24, 2.45) is 5.92 Å². The number of aliphatic hydroxyl groups is 1. The van der Waals surface area contributed by atoms with Crippen LogP contribution in [-0.4, -0.2) is 36.5 Å². The second-order valence-corrected chi connectivity index (χ2v) is 7.68. The second kappa shape index (κ2) is 5.02. The van der Waals surface area contributed by atoms with Crippen LogP contribution in [0.15, 0.2) is 23.1 Å². The Kier molecular flexibility index (Phi) is 3.83. The van der Waals surface area contributed by atoms with E-state index < -0.39 is 15.6 Å². The quantitative estimate of drug-likeness (QED) is 0.819. The van der Waals surface area contributed by atoms with E-state index in [1.807, 2.05) is 20.8 Å². The van der Waals surface area contributed by atoms with Gasteiger partial charge in [-0.1, -0.05) is 26.8 Å². The lowest BCUT2D eigenvalue weighted by Crippen LogP contribution is -2.65. The lowest BCUT2D eigenvalue weighted by atomic mass is 9.85. The summed E-state index contributed by atoms with van der Waals surface area (Å²) in [6.07, 6.45) is 0.767. The molecule has 3 N–H and O–H groups in total. The van der Waals surface area contributed by atoms with Gasteiger partial charge in [-0.25, -0.2) is 8.42 Å². The molecule has 0 saturated carbocycles. The van der Waals surface area contributed by atoms with Crippen molar-refractivity contribution in [2.45, 2.75) is 37.7 Å². The van der Waals surface area contributed by atoms with Crippen molar-refractivity contribution in [3.05, 3.63) is 23.8 Å². The largest absolute Gasteiger partial charge is 0.398 e. The SMILES string of the molecule is CCc1ccc(S(=O)(=O)N2CC(O)(C(C)C)C2)cc1N. The van der Waals surface area contributed by atoms with E-state index in [1.165, 1.54) is 10.4 Å². The maximum atomic E-state index is 12.4. The number of benzene rings is 1. The average molecular weight is 298 g/mol. The van der Waals surface area contributed by atoms with Crippen molar-refractivity contribution in [1.82, 2.24) is 4.31 Å². The highest BCUT2D eigenvalue weighted by Crippen LogP contribution is 2.33. The summed E-state index contributed by atoms with van der Waals surface area (Å²) in [6.45, 7) is 6.03. The maximum absolute atomic E-state index is 12.4. The number of nitrogen functional groups attached to an aromatic ring is 1. The van der Waals surface area contributed by atoms with Gasteiger partial charge in [-0.3, -0.25) is 0 Å². The molecule has 0 radical (unpaired) electrons. The summed E-state index contributed by atoms with van der Waals surface area (Å²) in [6, 6.07) is 4.83. The van der Waals surface area contributed by atoms with Crippen molar-refractivity contribution < 1.29 is 13.5 Å². The number of nitrogens with two attached hydrogens (primary N) is 1. The first kappa shape index (κ1) is 15.3. The van der Waals surface area contributed by atoms with E-state index in [4.69, 9.17) is 5.73 Å². The fourth-order valence-corrected chi connectivity index (χ4v) is 3.91. The van der Waals surface area contributed by atoms with Gasteiger partial charge < -0.3 is 10.8 Å². The number of sulfonamides is 1. The molecule has 0 aromatic heterocycles. The highest BCUT2D eigenvalue weighted by atomic mass is 32.2. The molecule has 0 spiro atoms. The molecule has 1 heterocycles. The molecule has 1 fully saturated rings. The first-order valence-electron chi connectivity index (χ1n) is 6.81. The predicted octanol–water partition coefficient (Wildman–Crippen LogP) is 1.22. The lowest BCUT2D eigenvalue weighted by molar-refractivity contribution is -0.0932. The van der Waals surface area contributed by atoms with Crippen LogP contribution in [0, 0.1) is 5.92 Å². The molecule has 20 heavy (non-hydrogen) atoms. The Morgan fingerprint density at radius 1 is 1.40 bits per heavy atom. The Bertz CT molecular complexity index is 605. The molecule has 0 amide bonds. The molecule has 1 saturated heterocycles. The maximum Gasteiger partial charge on any atom is 0.243 e. The van der Waals surface area contributed by atoms with Crippen molar-refractivity contribution in [2.75, 3.05) is 18.8 Å². The van der Waals surface area contributed by atoms with Crippen LogP contribution in [0.3, 0.4) is 0 Å². The fraction of sp³-hybridized carbons (Fsp3) is 0.571. The molecule has 1 aliphatic rings. The Hall–Kier alpha value is -1.11. The summed E-state index contributed by atoms with van der Waals surface area (Å²) in [7, 11) is -3.56. The van der Waals surface area contributed by atoms with Gasteiger partial charge in [0.2, 0.25) is 10.0 Å². The highest BCUT2D eigenvalue weighted by molar-refractivity contribution is 7.89. The molecule has 0 atom stereocenters. The second-order valence-electron chi connectivity index (χ2n) is 5.75. The van der Waals surface area contributed by atoms with Gasteiger partial charge in [-0.15, -0.1) is 0 Å². The third kappa shape index (κ3) is 2.43. The molecule has 6 heteroatoms. The molecule has 1 aromatic rings. The monoisotopic (exact) mass is 298 g/mol. The van der Waals surface area contributed by atoms with Crippen molar-refractivity contribution >= 4 is 15.7 Å². The minimum Gasteiger partial charge on any atom is -0.398 e. The first-order valence-corrected chi connectivity index (χ1v) is 8.25. The van der Waals surface area contributed by atoms with E-state index in [0.29, 0.717) is 5.69 Å². The molecule has 2 rings (SSSR count). The zero-order valence-electron chi connectivity index (χ0n) is 12.1. The van der Waals surface area contributed by atoms with Crippen LogP contribution in [0.1, 0.15) is 26.3 Å². The average Bonchev–Trinajstić information content (AvgIpc) is 2.34. The van der Waals surface area contributed by atoms with Crippen LogP contribution in [0.25, 0.3) is 0 Å². The van der Waals surface area contributed by atoms with Crippen LogP contribution in [-0.2, 0) is 16.4 Å². The number of aryl methyl sites for hydroxylation is 1. The van der Waals surface area contributed by atoms with Gasteiger partial charge in [0.15, 0.2) is 0 Å². The van der Waals surface area contributed by atoms with Crippen molar-refractivity contribution in [3.8, 4) is 0 Å². The summed E-state index contributed by atoms with van der Waals surface area (Å²) in [4.78, 5) is 0.193. The Balaban J connectivity index is 2.23. The van der Waals surface area contributed by atoms with Crippen molar-refractivity contribution in [1.29, 1.82) is 0 Å². The number of nitrogens with zero attached hydrogens (tertiary/aromatic N) is 1. The van der Waals surface area contributed by atoms with Crippen LogP contribution in [0.4, 0.5) is 5.69 Å². The van der Waals surface area contributed by atoms with Gasteiger partial charge in [0, 0.05) is 18.8 Å². The van der Waals surface area contributed by atoms with Gasteiger partial charge in [0.05, 0.1) is 10.5 Å². The molecular weight excluding hydrogens is 276 g/mol. The molecular formula is C14H22N2O3S. The molecule has 0 aliphatic carbocycles. The zero-order chi connectivity index (χ0) is 15.1. The Labute approximate surface area is 120 Å². The van der Waals surface area contributed by atoms with Gasteiger partial charge in [-0.2, -0.15) is 4.31 Å². The summed E-state index contributed by atoms with van der Waals surface area (Å²) in [5.41, 5.74) is 6.37. The molecule has 1 aliphatic heterocycles. The van der Waals surface area contributed by atoms with E-state index in [9.17, 15) is 13.5 Å². The van der Waals surface area contributed by atoms with Crippen molar-refractivity contribution in [3.63, 3.8) is 0 Å². The van der Waals surface area contributed by atoms with Crippen LogP contribution < -0.4 is 5.73 Å². The number of anilines is 1. The number of hydrogen-bond acceptors (Lipinski definition) is 4. The van der Waals surface area contributed by atoms with Gasteiger partial charge in [0.1, 0.15) is 0 Å². The normalized spacial score (nSPS) is 19.1. The minimum atomic E-state index is -3.56. The summed E-state index contributed by atoms with van der Waals surface area (Å²) in [5.74, 6) is 0.0292. The van der Waals surface area contributed by atoms with Crippen LogP contribution in [0.5, 0.6) is 0 Å². The third-order valence-electron chi connectivity index (χ3n) is 4.11. The van der Waals surface area contributed by atoms with Gasteiger partial charge in [0.25, 0.3) is 0 Å². The standard InChI is InChI=1S/C14H22N2O3S/c1-4-11-5-6-12(7-13(11)15)20(18,19)16-8-14(17,9-16)10(2)3/h5-7,10,17H,4,8-9,15H2,1-3H3. The minimum absolute atomic E-state index is 0.0292.